The zero-order valence-corrected chi connectivity index (χ0v) is 11.5. The van der Waals surface area contributed by atoms with E-state index >= 15 is 0 Å². The van der Waals surface area contributed by atoms with Crippen LogP contribution in [0.1, 0.15) is 11.3 Å². The van der Waals surface area contributed by atoms with Crippen LogP contribution in [0.25, 0.3) is 11.4 Å². The van der Waals surface area contributed by atoms with Gasteiger partial charge in [0.1, 0.15) is 5.15 Å². The first-order valence-corrected chi connectivity index (χ1v) is 6.08. The molecule has 0 saturated heterocycles. The molecule has 0 radical (unpaired) electrons. The van der Waals surface area contributed by atoms with Crippen molar-refractivity contribution in [3.05, 3.63) is 44.7 Å². The van der Waals surface area contributed by atoms with Crippen LogP contribution in [0.5, 0.6) is 0 Å². The van der Waals surface area contributed by atoms with Crippen LogP contribution in [0, 0.1) is 13.8 Å². The first kappa shape index (κ1) is 12.6. The molecule has 17 heavy (non-hydrogen) atoms. The van der Waals surface area contributed by atoms with Gasteiger partial charge in [0.15, 0.2) is 5.82 Å². The molecular formula is C12H9Cl3N2. The van der Waals surface area contributed by atoms with Gasteiger partial charge in [-0.15, -0.1) is 0 Å². The van der Waals surface area contributed by atoms with Crippen molar-refractivity contribution < 1.29 is 0 Å². The molecule has 0 atom stereocenters. The van der Waals surface area contributed by atoms with Crippen molar-refractivity contribution >= 4 is 34.8 Å². The fourth-order valence-electron chi connectivity index (χ4n) is 1.36. The van der Waals surface area contributed by atoms with Gasteiger partial charge >= 0.3 is 0 Å². The molecule has 1 heterocycles. The molecule has 0 aliphatic carbocycles. The molecule has 0 aliphatic heterocycles. The minimum atomic E-state index is 0.457. The highest BCUT2D eigenvalue weighted by molar-refractivity contribution is 6.42. The van der Waals surface area contributed by atoms with E-state index in [0.29, 0.717) is 21.0 Å². The van der Waals surface area contributed by atoms with Gasteiger partial charge in [-0.3, -0.25) is 0 Å². The summed E-state index contributed by atoms with van der Waals surface area (Å²) in [6.07, 6.45) is 0. The molecular weight excluding hydrogens is 279 g/mol. The Balaban J connectivity index is 2.57. The second-order valence-electron chi connectivity index (χ2n) is 3.68. The van der Waals surface area contributed by atoms with Crippen molar-refractivity contribution in [3.63, 3.8) is 0 Å². The molecule has 0 N–H and O–H groups in total. The van der Waals surface area contributed by atoms with Gasteiger partial charge in [-0.25, -0.2) is 9.97 Å². The summed E-state index contributed by atoms with van der Waals surface area (Å²) in [5, 5.41) is 1.44. The summed E-state index contributed by atoms with van der Waals surface area (Å²) < 4.78 is 0. The third kappa shape index (κ3) is 2.54. The predicted octanol–water partition coefficient (Wildman–Crippen LogP) is 4.72. The maximum atomic E-state index is 6.03. The highest BCUT2D eigenvalue weighted by Crippen LogP contribution is 2.28. The van der Waals surface area contributed by atoms with Crippen LogP contribution in [0.15, 0.2) is 18.2 Å². The monoisotopic (exact) mass is 286 g/mol. The lowest BCUT2D eigenvalue weighted by Gasteiger charge is -2.06. The number of nitrogens with zero attached hydrogens (tertiary/aromatic N) is 2. The number of benzene rings is 1. The molecule has 0 aliphatic rings. The summed E-state index contributed by atoms with van der Waals surface area (Å²) in [5.41, 5.74) is 2.53. The average molecular weight is 288 g/mol. The van der Waals surface area contributed by atoms with Gasteiger partial charge in [0.25, 0.3) is 0 Å². The lowest BCUT2D eigenvalue weighted by atomic mass is 10.2. The molecule has 2 aromatic rings. The van der Waals surface area contributed by atoms with Crippen molar-refractivity contribution in [2.75, 3.05) is 0 Å². The van der Waals surface area contributed by atoms with Crippen LogP contribution >= 0.6 is 34.8 Å². The molecule has 2 rings (SSSR count). The van der Waals surface area contributed by atoms with E-state index in [9.17, 15) is 0 Å². The highest BCUT2D eigenvalue weighted by Gasteiger charge is 2.09. The Kier molecular flexibility index (Phi) is 3.57. The predicted molar refractivity (Wildman–Crippen MR) is 72.0 cm³/mol. The first-order chi connectivity index (χ1) is 7.99. The molecule has 0 amide bonds. The summed E-state index contributed by atoms with van der Waals surface area (Å²) in [4.78, 5) is 8.60. The SMILES string of the molecule is Cc1nc(-c2ccc(Cl)c(Cl)c2)nc(Cl)c1C. The Bertz CT molecular complexity index is 559. The number of halogens is 3. The molecule has 0 spiro atoms. The molecule has 0 bridgehead atoms. The normalized spacial score (nSPS) is 10.6. The lowest BCUT2D eigenvalue weighted by molar-refractivity contribution is 1.07. The Hall–Kier alpha value is -0.830. The molecule has 0 unspecified atom stereocenters. The standard InChI is InChI=1S/C12H9Cl3N2/c1-6-7(2)16-12(17-11(6)15)8-3-4-9(13)10(14)5-8/h3-5H,1-2H3. The molecule has 0 fully saturated rings. The fourth-order valence-corrected chi connectivity index (χ4v) is 1.87. The topological polar surface area (TPSA) is 25.8 Å². The Labute approximate surface area is 115 Å². The second kappa shape index (κ2) is 4.81. The zero-order chi connectivity index (χ0) is 12.6. The van der Waals surface area contributed by atoms with E-state index in [1.54, 1.807) is 12.1 Å². The lowest BCUT2D eigenvalue weighted by Crippen LogP contribution is -1.96. The van der Waals surface area contributed by atoms with E-state index < -0.39 is 0 Å². The van der Waals surface area contributed by atoms with Crippen LogP contribution in [0.4, 0.5) is 0 Å². The maximum absolute atomic E-state index is 6.03. The zero-order valence-electron chi connectivity index (χ0n) is 9.26. The average Bonchev–Trinajstić information content (AvgIpc) is 2.29. The van der Waals surface area contributed by atoms with Crippen molar-refractivity contribution in [2.45, 2.75) is 13.8 Å². The smallest absolute Gasteiger partial charge is 0.161 e. The molecule has 88 valence electrons. The Morgan fingerprint density at radius 1 is 0.941 bits per heavy atom. The quantitative estimate of drug-likeness (QED) is 0.709. The Morgan fingerprint density at radius 2 is 1.65 bits per heavy atom. The number of aryl methyl sites for hydroxylation is 1. The van der Waals surface area contributed by atoms with Crippen LogP contribution in [0.2, 0.25) is 15.2 Å². The van der Waals surface area contributed by atoms with Gasteiger partial charge in [-0.1, -0.05) is 34.8 Å². The van der Waals surface area contributed by atoms with Gasteiger partial charge in [0.2, 0.25) is 0 Å². The summed E-state index contributed by atoms with van der Waals surface area (Å²) in [6.45, 7) is 3.78. The van der Waals surface area contributed by atoms with Crippen molar-refractivity contribution in [1.29, 1.82) is 0 Å². The minimum absolute atomic E-state index is 0.457. The van der Waals surface area contributed by atoms with E-state index in [4.69, 9.17) is 34.8 Å². The van der Waals surface area contributed by atoms with Crippen LogP contribution in [0.3, 0.4) is 0 Å². The van der Waals surface area contributed by atoms with Crippen LogP contribution in [-0.4, -0.2) is 9.97 Å². The summed E-state index contributed by atoms with van der Waals surface area (Å²) in [7, 11) is 0. The third-order valence-electron chi connectivity index (χ3n) is 2.51. The van der Waals surface area contributed by atoms with Crippen LogP contribution in [-0.2, 0) is 0 Å². The van der Waals surface area contributed by atoms with E-state index in [2.05, 4.69) is 9.97 Å². The largest absolute Gasteiger partial charge is 0.233 e. The van der Waals surface area contributed by atoms with Crippen molar-refractivity contribution in [1.82, 2.24) is 9.97 Å². The first-order valence-electron chi connectivity index (χ1n) is 4.95. The maximum Gasteiger partial charge on any atom is 0.161 e. The van der Waals surface area contributed by atoms with Gasteiger partial charge in [0, 0.05) is 16.8 Å². The van der Waals surface area contributed by atoms with E-state index in [1.807, 2.05) is 19.9 Å². The number of rotatable bonds is 1. The molecule has 5 heteroatoms. The summed E-state index contributed by atoms with van der Waals surface area (Å²) in [6, 6.07) is 5.25. The number of aromatic nitrogens is 2. The summed E-state index contributed by atoms with van der Waals surface area (Å²) in [5.74, 6) is 0.552. The summed E-state index contributed by atoms with van der Waals surface area (Å²) >= 11 is 17.8. The third-order valence-corrected chi connectivity index (χ3v) is 3.61. The van der Waals surface area contributed by atoms with Gasteiger partial charge in [-0.05, 0) is 32.0 Å². The van der Waals surface area contributed by atoms with Gasteiger partial charge in [-0.2, -0.15) is 0 Å². The van der Waals surface area contributed by atoms with E-state index in [-0.39, 0.29) is 0 Å². The number of hydrogen-bond donors (Lipinski definition) is 0. The minimum Gasteiger partial charge on any atom is -0.233 e. The van der Waals surface area contributed by atoms with E-state index in [1.165, 1.54) is 0 Å². The van der Waals surface area contributed by atoms with Gasteiger partial charge < -0.3 is 0 Å². The van der Waals surface area contributed by atoms with E-state index in [0.717, 1.165) is 16.8 Å². The number of hydrogen-bond acceptors (Lipinski definition) is 2. The fraction of sp³-hybridized carbons (Fsp3) is 0.167. The van der Waals surface area contributed by atoms with Crippen LogP contribution < -0.4 is 0 Å². The van der Waals surface area contributed by atoms with Crippen molar-refractivity contribution in [3.8, 4) is 11.4 Å². The second-order valence-corrected chi connectivity index (χ2v) is 4.85. The molecule has 1 aromatic heterocycles. The van der Waals surface area contributed by atoms with Gasteiger partial charge in [0.05, 0.1) is 10.0 Å². The van der Waals surface area contributed by atoms with Crippen molar-refractivity contribution in [2.24, 2.45) is 0 Å². The molecule has 2 nitrogen and oxygen atoms in total. The highest BCUT2D eigenvalue weighted by atomic mass is 35.5. The Morgan fingerprint density at radius 3 is 2.24 bits per heavy atom. The molecule has 1 aromatic carbocycles. The molecule has 0 saturated carbocycles.